The van der Waals surface area contributed by atoms with Crippen molar-refractivity contribution in [1.29, 1.82) is 0 Å². The van der Waals surface area contributed by atoms with Gasteiger partial charge in [0.15, 0.2) is 6.10 Å². The van der Waals surface area contributed by atoms with Crippen LogP contribution in [0.5, 0.6) is 0 Å². The van der Waals surface area contributed by atoms with E-state index >= 15 is 0 Å². The number of hydrogen-bond donors (Lipinski definition) is 2. The van der Waals surface area contributed by atoms with Crippen molar-refractivity contribution >= 4 is 34.4 Å². The fraction of sp³-hybridized carbons (Fsp3) is 0.227. The van der Waals surface area contributed by atoms with Crippen LogP contribution in [0.15, 0.2) is 52.9 Å². The van der Waals surface area contributed by atoms with Crippen LogP contribution in [0.3, 0.4) is 0 Å². The zero-order valence-corrected chi connectivity index (χ0v) is 16.4. The first-order chi connectivity index (χ1) is 13.8. The lowest BCUT2D eigenvalue weighted by atomic mass is 10.1. The Morgan fingerprint density at radius 2 is 1.72 bits per heavy atom. The Kier molecular flexibility index (Phi) is 5.97. The third-order valence-corrected chi connectivity index (χ3v) is 4.45. The summed E-state index contributed by atoms with van der Waals surface area (Å²) < 4.78 is 10.6. The molecule has 0 saturated carbocycles. The van der Waals surface area contributed by atoms with Crippen LogP contribution in [-0.4, -0.2) is 30.4 Å². The lowest BCUT2D eigenvalue weighted by Crippen LogP contribution is -2.40. The number of anilines is 1. The number of carbonyl (C=O) groups is 3. The molecule has 7 nitrogen and oxygen atoms in total. The van der Waals surface area contributed by atoms with Crippen LogP contribution >= 0.6 is 0 Å². The highest BCUT2D eigenvalue weighted by Crippen LogP contribution is 2.20. The van der Waals surface area contributed by atoms with Gasteiger partial charge in [-0.25, -0.2) is 4.79 Å². The summed E-state index contributed by atoms with van der Waals surface area (Å²) in [5, 5.41) is 6.01. The average molecular weight is 394 g/mol. The van der Waals surface area contributed by atoms with Gasteiger partial charge in [-0.05, 0) is 44.0 Å². The van der Waals surface area contributed by atoms with Crippen molar-refractivity contribution in [2.24, 2.45) is 0 Å². The Morgan fingerprint density at radius 3 is 2.41 bits per heavy atom. The van der Waals surface area contributed by atoms with Crippen molar-refractivity contribution < 1.29 is 23.5 Å². The number of furan rings is 1. The maximum absolute atomic E-state index is 12.2. The molecule has 2 amide bonds. The van der Waals surface area contributed by atoms with Crippen LogP contribution in [0.4, 0.5) is 5.69 Å². The minimum absolute atomic E-state index is 0.0126. The van der Waals surface area contributed by atoms with Crippen LogP contribution in [0.2, 0.25) is 0 Å². The molecule has 1 heterocycles. The molecule has 0 bridgehead atoms. The van der Waals surface area contributed by atoms with Crippen LogP contribution in [0, 0.1) is 13.8 Å². The van der Waals surface area contributed by atoms with Gasteiger partial charge in [0.1, 0.15) is 5.58 Å². The Balaban J connectivity index is 1.52. The fourth-order valence-electron chi connectivity index (χ4n) is 2.86. The summed E-state index contributed by atoms with van der Waals surface area (Å²) in [6.07, 6.45) is -1.08. The Labute approximate surface area is 168 Å². The molecule has 150 valence electrons. The molecule has 0 aliphatic rings. The summed E-state index contributed by atoms with van der Waals surface area (Å²) >= 11 is 0. The van der Waals surface area contributed by atoms with E-state index in [0.29, 0.717) is 5.58 Å². The Hall–Kier alpha value is -3.61. The SMILES string of the molecule is Cc1cccc(C)c1NC(=O)CNC(=O)C(C)OC(=O)c1cc2ccccc2o1. The van der Waals surface area contributed by atoms with E-state index in [2.05, 4.69) is 10.6 Å². The second-order valence-corrected chi connectivity index (χ2v) is 6.73. The van der Waals surface area contributed by atoms with E-state index in [0.717, 1.165) is 22.2 Å². The first-order valence-corrected chi connectivity index (χ1v) is 9.18. The maximum atomic E-state index is 12.2. The van der Waals surface area contributed by atoms with Crippen molar-refractivity contribution in [2.75, 3.05) is 11.9 Å². The number of carbonyl (C=O) groups excluding carboxylic acids is 3. The zero-order chi connectivity index (χ0) is 21.0. The second-order valence-electron chi connectivity index (χ2n) is 6.73. The highest BCUT2D eigenvalue weighted by Gasteiger charge is 2.22. The number of fused-ring (bicyclic) bond motifs is 1. The second kappa shape index (κ2) is 8.60. The topological polar surface area (TPSA) is 97.6 Å². The molecule has 0 radical (unpaired) electrons. The van der Waals surface area contributed by atoms with E-state index in [1.807, 2.05) is 38.1 Å². The number of nitrogens with one attached hydrogen (secondary N) is 2. The number of esters is 1. The lowest BCUT2D eigenvalue weighted by Gasteiger charge is -2.14. The molecule has 2 aromatic carbocycles. The molecule has 0 saturated heterocycles. The monoisotopic (exact) mass is 394 g/mol. The van der Waals surface area contributed by atoms with Gasteiger partial charge in [-0.1, -0.05) is 36.4 Å². The summed E-state index contributed by atoms with van der Waals surface area (Å²) in [6.45, 7) is 4.97. The predicted octanol–water partition coefficient (Wildman–Crippen LogP) is 3.35. The molecule has 3 rings (SSSR count). The zero-order valence-electron chi connectivity index (χ0n) is 16.4. The molecule has 0 spiro atoms. The predicted molar refractivity (Wildman–Crippen MR) is 109 cm³/mol. The third-order valence-electron chi connectivity index (χ3n) is 4.45. The molecule has 0 aliphatic heterocycles. The van der Waals surface area contributed by atoms with E-state index in [1.54, 1.807) is 24.3 Å². The third kappa shape index (κ3) is 4.82. The maximum Gasteiger partial charge on any atom is 0.375 e. The van der Waals surface area contributed by atoms with Gasteiger partial charge >= 0.3 is 5.97 Å². The quantitative estimate of drug-likeness (QED) is 0.625. The summed E-state index contributed by atoms with van der Waals surface area (Å²) in [5.74, 6) is -1.68. The average Bonchev–Trinajstić information content (AvgIpc) is 3.13. The van der Waals surface area contributed by atoms with E-state index in [-0.39, 0.29) is 18.2 Å². The van der Waals surface area contributed by atoms with E-state index < -0.39 is 18.0 Å². The van der Waals surface area contributed by atoms with E-state index in [9.17, 15) is 14.4 Å². The summed E-state index contributed by atoms with van der Waals surface area (Å²) in [7, 11) is 0. The lowest BCUT2D eigenvalue weighted by molar-refractivity contribution is -0.130. The van der Waals surface area contributed by atoms with Crippen LogP contribution < -0.4 is 10.6 Å². The largest absolute Gasteiger partial charge is 0.449 e. The number of aryl methyl sites for hydroxylation is 2. The molecule has 7 heteroatoms. The number of ether oxygens (including phenoxy) is 1. The molecular weight excluding hydrogens is 372 g/mol. The number of para-hydroxylation sites is 2. The minimum Gasteiger partial charge on any atom is -0.449 e. The van der Waals surface area contributed by atoms with Gasteiger partial charge in [-0.3, -0.25) is 9.59 Å². The molecule has 3 aromatic rings. The van der Waals surface area contributed by atoms with E-state index in [4.69, 9.17) is 9.15 Å². The van der Waals surface area contributed by atoms with Crippen molar-refractivity contribution in [2.45, 2.75) is 26.9 Å². The number of rotatable bonds is 6. The number of benzene rings is 2. The minimum atomic E-state index is -1.08. The van der Waals surface area contributed by atoms with Gasteiger partial charge < -0.3 is 19.8 Å². The van der Waals surface area contributed by atoms with Crippen molar-refractivity contribution in [3.05, 3.63) is 65.4 Å². The van der Waals surface area contributed by atoms with Gasteiger partial charge in [-0.15, -0.1) is 0 Å². The number of amides is 2. The van der Waals surface area contributed by atoms with Crippen LogP contribution in [0.1, 0.15) is 28.6 Å². The molecule has 0 aliphatic carbocycles. The fourth-order valence-corrected chi connectivity index (χ4v) is 2.86. The standard InChI is InChI=1S/C22H22N2O5/c1-13-7-6-8-14(2)20(13)24-19(25)12-23-21(26)15(3)28-22(27)18-11-16-9-4-5-10-17(16)29-18/h4-11,15H,12H2,1-3H3,(H,23,26)(H,24,25). The highest BCUT2D eigenvalue weighted by molar-refractivity contribution is 5.97. The van der Waals surface area contributed by atoms with Gasteiger partial charge in [0.25, 0.3) is 5.91 Å². The molecule has 2 N–H and O–H groups in total. The molecular formula is C22H22N2O5. The van der Waals surface area contributed by atoms with Gasteiger partial charge in [-0.2, -0.15) is 0 Å². The van der Waals surface area contributed by atoms with Gasteiger partial charge in [0.2, 0.25) is 11.7 Å². The molecule has 1 aromatic heterocycles. The summed E-state index contributed by atoms with van der Waals surface area (Å²) in [6, 6.07) is 14.4. The van der Waals surface area contributed by atoms with E-state index in [1.165, 1.54) is 6.92 Å². The number of hydrogen-bond acceptors (Lipinski definition) is 5. The Bertz CT molecular complexity index is 1020. The highest BCUT2D eigenvalue weighted by atomic mass is 16.6. The van der Waals surface area contributed by atoms with Gasteiger partial charge in [0.05, 0.1) is 6.54 Å². The molecule has 1 atom stereocenters. The molecule has 1 unspecified atom stereocenters. The van der Waals surface area contributed by atoms with Crippen molar-refractivity contribution in [3.8, 4) is 0 Å². The summed E-state index contributed by atoms with van der Waals surface area (Å²) in [4.78, 5) is 36.5. The van der Waals surface area contributed by atoms with Crippen LogP contribution in [-0.2, 0) is 14.3 Å². The first kappa shape index (κ1) is 20.1. The molecule has 29 heavy (non-hydrogen) atoms. The van der Waals surface area contributed by atoms with Crippen LogP contribution in [0.25, 0.3) is 11.0 Å². The summed E-state index contributed by atoms with van der Waals surface area (Å²) in [5.41, 5.74) is 3.13. The smallest absolute Gasteiger partial charge is 0.375 e. The van der Waals surface area contributed by atoms with Crippen molar-refractivity contribution in [1.82, 2.24) is 5.32 Å². The molecule has 0 fully saturated rings. The van der Waals surface area contributed by atoms with Gasteiger partial charge in [0, 0.05) is 11.1 Å². The Morgan fingerprint density at radius 1 is 1.03 bits per heavy atom. The van der Waals surface area contributed by atoms with Crippen molar-refractivity contribution in [3.63, 3.8) is 0 Å². The normalized spacial score (nSPS) is 11.7. The first-order valence-electron chi connectivity index (χ1n) is 9.18.